The number of hydrogen-bond donors (Lipinski definition) is 2. The quantitative estimate of drug-likeness (QED) is 0.755. The number of amides is 1. The van der Waals surface area contributed by atoms with E-state index in [2.05, 4.69) is 12.2 Å². The smallest absolute Gasteiger partial charge is 0.227 e. The lowest BCUT2D eigenvalue weighted by Gasteiger charge is -2.20. The fraction of sp³-hybridized carbons (Fsp3) is 0.381. The first kappa shape index (κ1) is 18.1. The molecule has 128 valence electrons. The minimum Gasteiger partial charge on any atom is -0.508 e. The van der Waals surface area contributed by atoms with E-state index in [1.165, 1.54) is 5.56 Å². The van der Waals surface area contributed by atoms with Gasteiger partial charge in [0.05, 0.1) is 5.92 Å². The van der Waals surface area contributed by atoms with Gasteiger partial charge in [-0.05, 0) is 49.4 Å². The fourth-order valence-electron chi connectivity index (χ4n) is 2.88. The summed E-state index contributed by atoms with van der Waals surface area (Å²) in [5, 5.41) is 12.5. The molecule has 2 rings (SSSR count). The zero-order valence-electron chi connectivity index (χ0n) is 14.5. The Morgan fingerprint density at radius 3 is 2.33 bits per heavy atom. The molecular weight excluding hydrogens is 298 g/mol. The number of phenolic OH excluding ortho intramolecular Hbond substituents is 1. The van der Waals surface area contributed by atoms with Crippen molar-refractivity contribution in [2.75, 3.05) is 0 Å². The first-order valence-corrected chi connectivity index (χ1v) is 8.73. The van der Waals surface area contributed by atoms with Crippen molar-refractivity contribution >= 4 is 5.91 Å². The van der Waals surface area contributed by atoms with Gasteiger partial charge in [0.25, 0.3) is 0 Å². The first-order valence-electron chi connectivity index (χ1n) is 8.73. The van der Waals surface area contributed by atoms with Gasteiger partial charge in [-0.1, -0.05) is 55.8 Å². The third-order valence-electron chi connectivity index (χ3n) is 4.29. The third-order valence-corrected chi connectivity index (χ3v) is 4.29. The number of nitrogens with one attached hydrogen (secondary N) is 1. The molecule has 2 aromatic rings. The second-order valence-electron chi connectivity index (χ2n) is 6.37. The molecule has 0 bridgehead atoms. The van der Waals surface area contributed by atoms with Crippen LogP contribution in [0.4, 0.5) is 0 Å². The average molecular weight is 325 g/mol. The summed E-state index contributed by atoms with van der Waals surface area (Å²) in [6.07, 6.45) is 3.60. The summed E-state index contributed by atoms with van der Waals surface area (Å²) < 4.78 is 0. The average Bonchev–Trinajstić information content (AvgIpc) is 2.60. The lowest BCUT2D eigenvalue weighted by Crippen LogP contribution is -2.36. The summed E-state index contributed by atoms with van der Waals surface area (Å²) in [5.41, 5.74) is 2.25. The van der Waals surface area contributed by atoms with E-state index >= 15 is 0 Å². The zero-order valence-corrected chi connectivity index (χ0v) is 14.5. The number of carbonyl (C=O) groups excluding carboxylic acids is 1. The molecule has 24 heavy (non-hydrogen) atoms. The molecule has 0 aliphatic carbocycles. The van der Waals surface area contributed by atoms with E-state index in [0.29, 0.717) is 0 Å². The minimum atomic E-state index is -0.0766. The van der Waals surface area contributed by atoms with Gasteiger partial charge in [0, 0.05) is 6.04 Å². The van der Waals surface area contributed by atoms with Crippen LogP contribution in [0.3, 0.4) is 0 Å². The van der Waals surface area contributed by atoms with Crippen LogP contribution >= 0.6 is 0 Å². The summed E-state index contributed by atoms with van der Waals surface area (Å²) in [6, 6.07) is 17.4. The molecule has 2 N–H and O–H groups in total. The fourth-order valence-corrected chi connectivity index (χ4v) is 2.88. The van der Waals surface area contributed by atoms with E-state index in [0.717, 1.165) is 31.2 Å². The van der Waals surface area contributed by atoms with E-state index in [1.54, 1.807) is 12.1 Å². The Morgan fingerprint density at radius 1 is 1.04 bits per heavy atom. The molecule has 0 fully saturated rings. The molecule has 0 heterocycles. The Labute approximate surface area is 144 Å². The topological polar surface area (TPSA) is 49.3 Å². The molecule has 0 spiro atoms. The maximum Gasteiger partial charge on any atom is 0.227 e. The molecule has 0 saturated carbocycles. The molecule has 0 radical (unpaired) electrons. The van der Waals surface area contributed by atoms with E-state index in [4.69, 9.17) is 0 Å². The molecule has 0 saturated heterocycles. The first-order chi connectivity index (χ1) is 11.6. The van der Waals surface area contributed by atoms with Crippen LogP contribution in [-0.2, 0) is 11.2 Å². The Bertz CT molecular complexity index is 622. The number of rotatable bonds is 8. The van der Waals surface area contributed by atoms with Crippen LogP contribution in [0.25, 0.3) is 0 Å². The number of carbonyl (C=O) groups is 1. The molecule has 2 aromatic carbocycles. The van der Waals surface area contributed by atoms with Crippen LogP contribution in [0.1, 0.15) is 50.2 Å². The van der Waals surface area contributed by atoms with Crippen molar-refractivity contribution < 1.29 is 9.90 Å². The van der Waals surface area contributed by atoms with Crippen molar-refractivity contribution in [1.29, 1.82) is 0 Å². The van der Waals surface area contributed by atoms with Gasteiger partial charge in [-0.2, -0.15) is 0 Å². The van der Waals surface area contributed by atoms with Gasteiger partial charge in [0.1, 0.15) is 5.75 Å². The summed E-state index contributed by atoms with van der Waals surface area (Å²) in [6.45, 7) is 4.16. The predicted octanol–water partition coefficient (Wildman–Crippen LogP) is 4.41. The molecule has 2 atom stereocenters. The van der Waals surface area contributed by atoms with Crippen molar-refractivity contribution in [2.45, 2.75) is 51.5 Å². The number of benzene rings is 2. The minimum absolute atomic E-state index is 0.0766. The Kier molecular flexibility index (Phi) is 6.86. The highest BCUT2D eigenvalue weighted by molar-refractivity contribution is 5.83. The Balaban J connectivity index is 1.90. The van der Waals surface area contributed by atoms with Crippen LogP contribution in [0.15, 0.2) is 54.6 Å². The van der Waals surface area contributed by atoms with Gasteiger partial charge in [-0.25, -0.2) is 0 Å². The number of aromatic hydroxyl groups is 1. The van der Waals surface area contributed by atoms with Crippen molar-refractivity contribution in [2.24, 2.45) is 0 Å². The molecular formula is C21H27NO2. The van der Waals surface area contributed by atoms with Gasteiger partial charge >= 0.3 is 0 Å². The van der Waals surface area contributed by atoms with Crippen LogP contribution in [0.5, 0.6) is 5.75 Å². The number of hydrogen-bond acceptors (Lipinski definition) is 2. The molecule has 3 heteroatoms. The van der Waals surface area contributed by atoms with Crippen molar-refractivity contribution in [3.8, 4) is 5.75 Å². The molecule has 3 nitrogen and oxygen atoms in total. The van der Waals surface area contributed by atoms with Crippen LogP contribution in [0, 0.1) is 0 Å². The van der Waals surface area contributed by atoms with E-state index < -0.39 is 0 Å². The lowest BCUT2D eigenvalue weighted by atomic mass is 9.93. The maximum atomic E-state index is 12.7. The van der Waals surface area contributed by atoms with E-state index in [-0.39, 0.29) is 23.6 Å². The van der Waals surface area contributed by atoms with Gasteiger partial charge in [-0.15, -0.1) is 0 Å². The molecule has 2 unspecified atom stereocenters. The van der Waals surface area contributed by atoms with Gasteiger partial charge in [0.15, 0.2) is 0 Å². The van der Waals surface area contributed by atoms with Crippen LogP contribution in [0.2, 0.25) is 0 Å². The highest BCUT2D eigenvalue weighted by Gasteiger charge is 2.20. The monoisotopic (exact) mass is 325 g/mol. The predicted molar refractivity (Wildman–Crippen MR) is 98.1 cm³/mol. The van der Waals surface area contributed by atoms with Crippen molar-refractivity contribution in [3.63, 3.8) is 0 Å². The maximum absolute atomic E-state index is 12.7. The highest BCUT2D eigenvalue weighted by atomic mass is 16.3. The van der Waals surface area contributed by atoms with E-state index in [1.807, 2.05) is 49.4 Å². The number of phenols is 1. The lowest BCUT2D eigenvalue weighted by molar-refractivity contribution is -0.123. The van der Waals surface area contributed by atoms with Crippen LogP contribution in [-0.4, -0.2) is 17.1 Å². The second-order valence-corrected chi connectivity index (χ2v) is 6.37. The normalized spacial score (nSPS) is 13.2. The molecule has 0 aliphatic rings. The zero-order chi connectivity index (χ0) is 17.4. The summed E-state index contributed by atoms with van der Waals surface area (Å²) in [5.74, 6) is 0.318. The largest absolute Gasteiger partial charge is 0.508 e. The van der Waals surface area contributed by atoms with E-state index in [9.17, 15) is 9.90 Å². The molecule has 1 amide bonds. The Hall–Kier alpha value is -2.29. The highest BCUT2D eigenvalue weighted by Crippen LogP contribution is 2.21. The van der Waals surface area contributed by atoms with Crippen LogP contribution < -0.4 is 5.32 Å². The second kappa shape index (κ2) is 9.11. The number of aryl methyl sites for hydroxylation is 1. The van der Waals surface area contributed by atoms with Crippen molar-refractivity contribution in [3.05, 3.63) is 65.7 Å². The molecule has 0 aliphatic heterocycles. The molecule has 0 aromatic heterocycles. The van der Waals surface area contributed by atoms with Crippen molar-refractivity contribution in [1.82, 2.24) is 5.32 Å². The van der Waals surface area contributed by atoms with Gasteiger partial charge in [-0.3, -0.25) is 4.79 Å². The summed E-state index contributed by atoms with van der Waals surface area (Å²) in [4.78, 5) is 12.7. The summed E-state index contributed by atoms with van der Waals surface area (Å²) in [7, 11) is 0. The van der Waals surface area contributed by atoms with Gasteiger partial charge < -0.3 is 10.4 Å². The third kappa shape index (κ3) is 5.41. The Morgan fingerprint density at radius 2 is 1.71 bits per heavy atom. The SMILES string of the molecule is CCCC(C(=O)NC(C)CCc1ccc(O)cc1)c1ccccc1. The summed E-state index contributed by atoms with van der Waals surface area (Å²) >= 11 is 0. The standard InChI is InChI=1S/C21H27NO2/c1-3-7-20(18-8-5-4-6-9-18)21(24)22-16(2)10-11-17-12-14-19(23)15-13-17/h4-6,8-9,12-16,20,23H,3,7,10-11H2,1-2H3,(H,22,24). The van der Waals surface area contributed by atoms with Gasteiger partial charge in [0.2, 0.25) is 5.91 Å².